The Balaban J connectivity index is 1.77. The lowest BCUT2D eigenvalue weighted by molar-refractivity contribution is 0.120. The number of rotatable bonds is 2. The molecule has 1 N–H and O–H groups in total. The third-order valence-electron chi connectivity index (χ3n) is 3.37. The first-order valence-electron chi connectivity index (χ1n) is 5.95. The second kappa shape index (κ2) is 3.76. The van der Waals surface area contributed by atoms with E-state index in [1.807, 2.05) is 0 Å². The molecule has 1 fully saturated rings. The standard InChI is InChI=1S/C13H17NO/c1-4-11(5-1)15-12-6-7-13-10(9-12)3-2-8-14-13/h6-7,9,11,14H,1-5,8H2. The van der Waals surface area contributed by atoms with E-state index in [1.165, 1.54) is 43.4 Å². The van der Waals surface area contributed by atoms with Crippen LogP contribution in [-0.4, -0.2) is 12.6 Å². The van der Waals surface area contributed by atoms with Crippen molar-refractivity contribution in [3.8, 4) is 5.75 Å². The van der Waals surface area contributed by atoms with Crippen LogP contribution in [0.2, 0.25) is 0 Å². The van der Waals surface area contributed by atoms with Gasteiger partial charge in [0.05, 0.1) is 6.10 Å². The van der Waals surface area contributed by atoms with Crippen LogP contribution in [0.4, 0.5) is 5.69 Å². The monoisotopic (exact) mass is 203 g/mol. The first-order valence-corrected chi connectivity index (χ1v) is 5.95. The largest absolute Gasteiger partial charge is 0.490 e. The van der Waals surface area contributed by atoms with E-state index in [-0.39, 0.29) is 0 Å². The van der Waals surface area contributed by atoms with Crippen molar-refractivity contribution in [2.75, 3.05) is 11.9 Å². The molecular formula is C13H17NO. The van der Waals surface area contributed by atoms with Gasteiger partial charge < -0.3 is 10.1 Å². The van der Waals surface area contributed by atoms with E-state index in [0.717, 1.165) is 12.3 Å². The van der Waals surface area contributed by atoms with Crippen molar-refractivity contribution in [3.63, 3.8) is 0 Å². The Morgan fingerprint density at radius 2 is 2.13 bits per heavy atom. The second-order valence-electron chi connectivity index (χ2n) is 4.52. The first-order chi connectivity index (χ1) is 7.42. The van der Waals surface area contributed by atoms with Gasteiger partial charge in [-0.2, -0.15) is 0 Å². The van der Waals surface area contributed by atoms with Crippen LogP contribution in [0.3, 0.4) is 0 Å². The number of fused-ring (bicyclic) bond motifs is 1. The maximum Gasteiger partial charge on any atom is 0.120 e. The molecule has 0 amide bonds. The lowest BCUT2D eigenvalue weighted by atomic mass is 9.96. The predicted molar refractivity (Wildman–Crippen MR) is 61.5 cm³/mol. The Hall–Kier alpha value is -1.18. The van der Waals surface area contributed by atoms with Crippen LogP contribution >= 0.6 is 0 Å². The molecule has 1 aliphatic carbocycles. The van der Waals surface area contributed by atoms with Crippen LogP contribution in [0, 0.1) is 0 Å². The quantitative estimate of drug-likeness (QED) is 0.797. The third kappa shape index (κ3) is 1.81. The van der Waals surface area contributed by atoms with E-state index >= 15 is 0 Å². The molecule has 2 aliphatic rings. The molecule has 15 heavy (non-hydrogen) atoms. The molecular weight excluding hydrogens is 186 g/mol. The Morgan fingerprint density at radius 3 is 2.93 bits per heavy atom. The Labute approximate surface area is 90.6 Å². The summed E-state index contributed by atoms with van der Waals surface area (Å²) >= 11 is 0. The topological polar surface area (TPSA) is 21.3 Å². The summed E-state index contributed by atoms with van der Waals surface area (Å²) in [5.41, 5.74) is 2.71. The Bertz CT molecular complexity index is 358. The highest BCUT2D eigenvalue weighted by atomic mass is 16.5. The Morgan fingerprint density at radius 1 is 1.20 bits per heavy atom. The zero-order valence-corrected chi connectivity index (χ0v) is 8.96. The van der Waals surface area contributed by atoms with E-state index < -0.39 is 0 Å². The smallest absolute Gasteiger partial charge is 0.120 e. The van der Waals surface area contributed by atoms with Crippen molar-refractivity contribution in [2.24, 2.45) is 0 Å². The summed E-state index contributed by atoms with van der Waals surface area (Å²) in [4.78, 5) is 0. The fourth-order valence-corrected chi connectivity index (χ4v) is 2.21. The van der Waals surface area contributed by atoms with Crippen LogP contribution in [0.5, 0.6) is 5.75 Å². The molecule has 0 spiro atoms. The number of ether oxygens (including phenoxy) is 1. The molecule has 80 valence electrons. The molecule has 1 aliphatic heterocycles. The molecule has 3 rings (SSSR count). The average Bonchev–Trinajstić information content (AvgIpc) is 2.23. The molecule has 1 aromatic rings. The van der Waals surface area contributed by atoms with Crippen molar-refractivity contribution in [1.29, 1.82) is 0 Å². The van der Waals surface area contributed by atoms with Gasteiger partial charge in [0.1, 0.15) is 5.75 Å². The van der Waals surface area contributed by atoms with Crippen LogP contribution in [0.1, 0.15) is 31.2 Å². The van der Waals surface area contributed by atoms with Gasteiger partial charge in [-0.3, -0.25) is 0 Å². The van der Waals surface area contributed by atoms with Gasteiger partial charge in [0, 0.05) is 12.2 Å². The summed E-state index contributed by atoms with van der Waals surface area (Å²) in [7, 11) is 0. The van der Waals surface area contributed by atoms with Gasteiger partial charge in [0.15, 0.2) is 0 Å². The highest BCUT2D eigenvalue weighted by Gasteiger charge is 2.19. The maximum absolute atomic E-state index is 5.89. The van der Waals surface area contributed by atoms with Crippen molar-refractivity contribution in [2.45, 2.75) is 38.2 Å². The average molecular weight is 203 g/mol. The molecule has 1 saturated carbocycles. The van der Waals surface area contributed by atoms with Crippen LogP contribution in [0.15, 0.2) is 18.2 Å². The Kier molecular flexibility index (Phi) is 2.28. The van der Waals surface area contributed by atoms with Crippen LogP contribution < -0.4 is 10.1 Å². The number of hydrogen-bond donors (Lipinski definition) is 1. The van der Waals surface area contributed by atoms with E-state index in [1.54, 1.807) is 0 Å². The number of anilines is 1. The molecule has 1 aromatic carbocycles. The lowest BCUT2D eigenvalue weighted by Gasteiger charge is -2.27. The van der Waals surface area contributed by atoms with E-state index in [2.05, 4.69) is 23.5 Å². The minimum Gasteiger partial charge on any atom is -0.490 e. The molecule has 0 atom stereocenters. The normalized spacial score (nSPS) is 20.0. The van der Waals surface area contributed by atoms with Gasteiger partial charge >= 0.3 is 0 Å². The minimum absolute atomic E-state index is 0.486. The van der Waals surface area contributed by atoms with E-state index in [4.69, 9.17) is 4.74 Å². The van der Waals surface area contributed by atoms with Crippen LogP contribution in [-0.2, 0) is 6.42 Å². The molecule has 2 nitrogen and oxygen atoms in total. The zero-order valence-electron chi connectivity index (χ0n) is 8.96. The molecule has 0 unspecified atom stereocenters. The summed E-state index contributed by atoms with van der Waals surface area (Å²) in [6.07, 6.45) is 6.70. The minimum atomic E-state index is 0.486. The predicted octanol–water partition coefficient (Wildman–Crippen LogP) is 2.98. The first kappa shape index (κ1) is 9.08. The molecule has 0 saturated heterocycles. The van der Waals surface area contributed by atoms with E-state index in [9.17, 15) is 0 Å². The fraction of sp³-hybridized carbons (Fsp3) is 0.538. The van der Waals surface area contributed by atoms with Crippen molar-refractivity contribution in [3.05, 3.63) is 23.8 Å². The van der Waals surface area contributed by atoms with Crippen LogP contribution in [0.25, 0.3) is 0 Å². The van der Waals surface area contributed by atoms with E-state index in [0.29, 0.717) is 6.10 Å². The number of hydrogen-bond acceptors (Lipinski definition) is 2. The summed E-state index contributed by atoms with van der Waals surface area (Å²) in [6.45, 7) is 1.11. The van der Waals surface area contributed by atoms with Crippen molar-refractivity contribution >= 4 is 5.69 Å². The second-order valence-corrected chi connectivity index (χ2v) is 4.52. The molecule has 0 bridgehead atoms. The molecule has 1 heterocycles. The third-order valence-corrected chi connectivity index (χ3v) is 3.37. The zero-order chi connectivity index (χ0) is 10.1. The van der Waals surface area contributed by atoms with Gasteiger partial charge in [-0.05, 0) is 55.9 Å². The highest BCUT2D eigenvalue weighted by molar-refractivity contribution is 5.55. The molecule has 0 aromatic heterocycles. The number of benzene rings is 1. The summed E-state index contributed by atoms with van der Waals surface area (Å²) in [5.74, 6) is 1.06. The lowest BCUT2D eigenvalue weighted by Crippen LogP contribution is -2.24. The summed E-state index contributed by atoms with van der Waals surface area (Å²) < 4.78 is 5.89. The number of aryl methyl sites for hydroxylation is 1. The summed E-state index contributed by atoms with van der Waals surface area (Å²) in [6, 6.07) is 6.46. The number of nitrogens with one attached hydrogen (secondary N) is 1. The summed E-state index contributed by atoms with van der Waals surface area (Å²) in [5, 5.41) is 3.42. The SMILES string of the molecule is c1cc2c(cc1OC1CCC1)CCCN2. The fourth-order valence-electron chi connectivity index (χ4n) is 2.21. The van der Waals surface area contributed by atoms with Gasteiger partial charge in [-0.1, -0.05) is 0 Å². The van der Waals surface area contributed by atoms with Gasteiger partial charge in [-0.25, -0.2) is 0 Å². The van der Waals surface area contributed by atoms with Crippen molar-refractivity contribution < 1.29 is 4.74 Å². The molecule has 2 heteroatoms. The van der Waals surface area contributed by atoms with Crippen molar-refractivity contribution in [1.82, 2.24) is 0 Å². The maximum atomic E-state index is 5.89. The highest BCUT2D eigenvalue weighted by Crippen LogP contribution is 2.30. The van der Waals surface area contributed by atoms with Gasteiger partial charge in [0.25, 0.3) is 0 Å². The van der Waals surface area contributed by atoms with Gasteiger partial charge in [0.2, 0.25) is 0 Å². The molecule has 0 radical (unpaired) electrons. The van der Waals surface area contributed by atoms with Gasteiger partial charge in [-0.15, -0.1) is 0 Å².